The number of hydrogen-bond acceptors (Lipinski definition) is 7. The summed E-state index contributed by atoms with van der Waals surface area (Å²) in [5, 5.41) is 0.628. The van der Waals surface area contributed by atoms with Gasteiger partial charge in [0.2, 0.25) is 11.3 Å². The highest BCUT2D eigenvalue weighted by molar-refractivity contribution is 6.19. The van der Waals surface area contributed by atoms with Crippen LogP contribution in [-0.4, -0.2) is 52.3 Å². The van der Waals surface area contributed by atoms with Gasteiger partial charge in [0.05, 0.1) is 6.61 Å². The minimum absolute atomic E-state index is 0.0237. The van der Waals surface area contributed by atoms with Crippen LogP contribution in [-0.2, 0) is 25.4 Å². The zero-order chi connectivity index (χ0) is 24.3. The quantitative estimate of drug-likeness (QED) is 0.324. The highest BCUT2D eigenvalue weighted by Gasteiger charge is 2.58. The molecule has 1 aliphatic carbocycles. The minimum atomic E-state index is -2.15. The van der Waals surface area contributed by atoms with Crippen LogP contribution in [0, 0.1) is 0 Å². The van der Waals surface area contributed by atoms with Crippen molar-refractivity contribution in [2.75, 3.05) is 6.61 Å². The topological polar surface area (TPSA) is 111 Å². The zero-order valence-corrected chi connectivity index (χ0v) is 19.7. The third-order valence-electron chi connectivity index (χ3n) is 4.57. The third kappa shape index (κ3) is 5.57. The van der Waals surface area contributed by atoms with Crippen molar-refractivity contribution in [2.45, 2.75) is 78.0 Å². The van der Waals surface area contributed by atoms with Crippen LogP contribution in [0.15, 0.2) is 24.3 Å². The first kappa shape index (κ1) is 25.2. The number of hydrazine groups is 1. The fourth-order valence-corrected chi connectivity index (χ4v) is 3.36. The summed E-state index contributed by atoms with van der Waals surface area (Å²) in [6.45, 7) is 11.4. The van der Waals surface area contributed by atoms with E-state index in [2.05, 4.69) is 5.43 Å². The summed E-state index contributed by atoms with van der Waals surface area (Å²) in [6, 6.07) is 6.80. The molecule has 9 nitrogen and oxygen atoms in total. The van der Waals surface area contributed by atoms with Gasteiger partial charge in [-0.15, -0.1) is 0 Å². The number of nitrogens with zero attached hydrogens (tertiary/aromatic N) is 1. The van der Waals surface area contributed by atoms with Crippen LogP contribution in [0.5, 0.6) is 0 Å². The van der Waals surface area contributed by atoms with E-state index in [1.165, 1.54) is 0 Å². The van der Waals surface area contributed by atoms with Gasteiger partial charge in [0.25, 0.3) is 0 Å². The van der Waals surface area contributed by atoms with Gasteiger partial charge in [-0.2, -0.15) is 5.01 Å². The Kier molecular flexibility index (Phi) is 7.22. The largest absolute Gasteiger partial charge is 0.464 e. The number of fused-ring (bicyclic) bond motifs is 1. The maximum absolute atomic E-state index is 13.7. The zero-order valence-electron chi connectivity index (χ0n) is 19.7. The first-order valence-corrected chi connectivity index (χ1v) is 10.5. The molecule has 32 heavy (non-hydrogen) atoms. The summed E-state index contributed by atoms with van der Waals surface area (Å²) in [4.78, 5) is 52.7. The molecule has 0 unspecified atom stereocenters. The molecule has 1 aliphatic rings. The summed E-state index contributed by atoms with van der Waals surface area (Å²) in [7, 11) is 0. The van der Waals surface area contributed by atoms with E-state index < -0.39 is 40.7 Å². The average molecular weight is 449 g/mol. The van der Waals surface area contributed by atoms with E-state index in [9.17, 15) is 19.2 Å². The monoisotopic (exact) mass is 448 g/mol. The maximum atomic E-state index is 13.7. The fraction of sp³-hybridized carbons (Fsp3) is 0.565. The Morgan fingerprint density at radius 1 is 1.03 bits per heavy atom. The van der Waals surface area contributed by atoms with Crippen molar-refractivity contribution in [1.29, 1.82) is 0 Å². The molecule has 0 fully saturated rings. The number of benzene rings is 1. The molecule has 1 aromatic rings. The molecule has 0 aromatic heterocycles. The first-order valence-electron chi connectivity index (χ1n) is 10.5. The minimum Gasteiger partial charge on any atom is -0.464 e. The van der Waals surface area contributed by atoms with Crippen molar-refractivity contribution in [3.05, 3.63) is 35.4 Å². The Balaban J connectivity index is 2.62. The van der Waals surface area contributed by atoms with E-state index in [1.807, 2.05) is 0 Å². The predicted molar refractivity (Wildman–Crippen MR) is 116 cm³/mol. The van der Waals surface area contributed by atoms with Crippen LogP contribution in [0.1, 0.15) is 70.8 Å². The van der Waals surface area contributed by atoms with E-state index in [0.29, 0.717) is 11.4 Å². The highest BCUT2D eigenvalue weighted by atomic mass is 16.6. The molecule has 0 saturated heterocycles. The van der Waals surface area contributed by atoms with Gasteiger partial charge in [0, 0.05) is 5.56 Å². The standard InChI is InChI=1S/C23H32N2O7/c1-8-30-18(27)23(14-13-15-11-9-10-12-16(15)17(23)26)25(20(29)32-22(5,6)7)24-19(28)31-21(2,3)4/h9-12H,8,13-14H2,1-7H3,(H,24,28)/t23-/m1/s1. The molecule has 1 atom stereocenters. The van der Waals surface area contributed by atoms with Gasteiger partial charge in [-0.05, 0) is 66.9 Å². The summed E-state index contributed by atoms with van der Waals surface area (Å²) in [5.74, 6) is -1.62. The van der Waals surface area contributed by atoms with Gasteiger partial charge in [0.1, 0.15) is 11.2 Å². The lowest BCUT2D eigenvalue weighted by Gasteiger charge is -2.42. The van der Waals surface area contributed by atoms with Crippen LogP contribution in [0.25, 0.3) is 0 Å². The number of nitrogens with one attached hydrogen (secondary N) is 1. The van der Waals surface area contributed by atoms with Gasteiger partial charge in [-0.1, -0.05) is 24.3 Å². The van der Waals surface area contributed by atoms with Gasteiger partial charge in [-0.3, -0.25) is 4.79 Å². The lowest BCUT2D eigenvalue weighted by atomic mass is 9.76. The number of carbonyl (C=O) groups is 4. The van der Waals surface area contributed by atoms with Crippen molar-refractivity contribution >= 4 is 23.9 Å². The van der Waals surface area contributed by atoms with Crippen LogP contribution >= 0.6 is 0 Å². The Bertz CT molecular complexity index is 898. The van der Waals surface area contributed by atoms with Crippen LogP contribution in [0.3, 0.4) is 0 Å². The average Bonchev–Trinajstić information content (AvgIpc) is 2.64. The number of aryl methyl sites for hydroxylation is 1. The SMILES string of the molecule is CCOC(=O)[C@@]1(N(NC(=O)OC(C)(C)C)C(=O)OC(C)(C)C)CCc2ccccc2C1=O. The molecular weight excluding hydrogens is 416 g/mol. The smallest absolute Gasteiger partial charge is 0.430 e. The molecule has 0 spiro atoms. The molecule has 0 bridgehead atoms. The normalized spacial score (nSPS) is 18.3. The Morgan fingerprint density at radius 3 is 2.19 bits per heavy atom. The van der Waals surface area contributed by atoms with Gasteiger partial charge < -0.3 is 14.2 Å². The van der Waals surface area contributed by atoms with E-state index in [0.717, 1.165) is 5.56 Å². The number of esters is 1. The summed E-state index contributed by atoms with van der Waals surface area (Å²) in [5.41, 5.74) is -0.708. The Morgan fingerprint density at radius 2 is 1.62 bits per heavy atom. The molecule has 2 rings (SSSR count). The van der Waals surface area contributed by atoms with E-state index in [1.54, 1.807) is 72.7 Å². The van der Waals surface area contributed by atoms with E-state index in [4.69, 9.17) is 14.2 Å². The van der Waals surface area contributed by atoms with Gasteiger partial charge in [-0.25, -0.2) is 19.8 Å². The Hall–Kier alpha value is -3.10. The molecule has 0 radical (unpaired) electrons. The second kappa shape index (κ2) is 9.18. The number of rotatable bonds is 3. The molecule has 176 valence electrons. The van der Waals surface area contributed by atoms with Gasteiger partial charge >= 0.3 is 18.2 Å². The number of ether oxygens (including phenoxy) is 3. The summed E-state index contributed by atoms with van der Waals surface area (Å²) < 4.78 is 15.9. The lowest BCUT2D eigenvalue weighted by Crippen LogP contribution is -2.69. The number of carbonyl (C=O) groups excluding carboxylic acids is 4. The molecule has 2 amide bonds. The second-order valence-electron chi connectivity index (χ2n) is 9.50. The molecule has 9 heteroatoms. The number of hydrogen-bond donors (Lipinski definition) is 1. The Labute approximate surface area is 188 Å². The second-order valence-corrected chi connectivity index (χ2v) is 9.50. The van der Waals surface area contributed by atoms with Crippen LogP contribution < -0.4 is 5.43 Å². The molecule has 1 N–H and O–H groups in total. The molecular formula is C23H32N2O7. The van der Waals surface area contributed by atoms with Crippen molar-refractivity contribution in [2.24, 2.45) is 0 Å². The summed E-state index contributed by atoms with van der Waals surface area (Å²) in [6.07, 6.45) is -1.89. The maximum Gasteiger partial charge on any atom is 0.430 e. The molecule has 0 saturated carbocycles. The molecule has 0 aliphatic heterocycles. The number of amides is 2. The predicted octanol–water partition coefficient (Wildman–Crippen LogP) is 3.79. The van der Waals surface area contributed by atoms with Crippen molar-refractivity contribution in [3.8, 4) is 0 Å². The lowest BCUT2D eigenvalue weighted by molar-refractivity contribution is -0.156. The number of Topliss-reactive ketones (excluding diaryl/α,β-unsaturated/α-hetero) is 1. The van der Waals surface area contributed by atoms with Crippen LogP contribution in [0.2, 0.25) is 0 Å². The van der Waals surface area contributed by atoms with Crippen molar-refractivity contribution in [1.82, 2.24) is 10.4 Å². The fourth-order valence-electron chi connectivity index (χ4n) is 3.36. The van der Waals surface area contributed by atoms with Crippen molar-refractivity contribution in [3.63, 3.8) is 0 Å². The molecule has 0 heterocycles. The summed E-state index contributed by atoms with van der Waals surface area (Å²) >= 11 is 0. The van der Waals surface area contributed by atoms with E-state index >= 15 is 0 Å². The number of ketones is 1. The highest BCUT2D eigenvalue weighted by Crippen LogP contribution is 2.35. The van der Waals surface area contributed by atoms with E-state index in [-0.39, 0.29) is 18.6 Å². The van der Waals surface area contributed by atoms with Crippen molar-refractivity contribution < 1.29 is 33.4 Å². The van der Waals surface area contributed by atoms with Gasteiger partial charge in [0.15, 0.2) is 0 Å². The third-order valence-corrected chi connectivity index (χ3v) is 4.57. The first-order chi connectivity index (χ1) is 14.7. The van der Waals surface area contributed by atoms with Crippen LogP contribution in [0.4, 0.5) is 9.59 Å². The molecule has 1 aromatic carbocycles.